The van der Waals surface area contributed by atoms with Crippen molar-refractivity contribution in [1.29, 1.82) is 0 Å². The fraction of sp³-hybridized carbons (Fsp3) is 0.394. The Labute approximate surface area is 252 Å². The average molecular weight is 598 g/mol. The van der Waals surface area contributed by atoms with E-state index in [0.717, 1.165) is 42.6 Å². The minimum absolute atomic E-state index is 0.128. The van der Waals surface area contributed by atoms with Gasteiger partial charge in [0.1, 0.15) is 17.5 Å². The van der Waals surface area contributed by atoms with Gasteiger partial charge in [0.2, 0.25) is 11.8 Å². The highest BCUT2D eigenvalue weighted by molar-refractivity contribution is 6.35. The minimum Gasteiger partial charge on any atom is -0.497 e. The summed E-state index contributed by atoms with van der Waals surface area (Å²) in [6.45, 7) is 0.564. The Hall–Kier alpha value is -3.22. The maximum absolute atomic E-state index is 13.9. The van der Waals surface area contributed by atoms with E-state index in [0.29, 0.717) is 35.2 Å². The zero-order chi connectivity index (χ0) is 29.0. The number of hydrogen-bond donors (Lipinski definition) is 1. The summed E-state index contributed by atoms with van der Waals surface area (Å²) in [5.74, 6) is 1.19. The van der Waals surface area contributed by atoms with Gasteiger partial charge >= 0.3 is 0 Å². The number of amides is 2. The van der Waals surface area contributed by atoms with E-state index in [2.05, 4.69) is 5.32 Å². The summed E-state index contributed by atoms with van der Waals surface area (Å²) in [5.41, 5.74) is 1.72. The first-order valence-electron chi connectivity index (χ1n) is 14.3. The van der Waals surface area contributed by atoms with Crippen molar-refractivity contribution in [3.63, 3.8) is 0 Å². The Morgan fingerprint density at radius 3 is 2.34 bits per heavy atom. The van der Waals surface area contributed by atoms with Gasteiger partial charge in [-0.3, -0.25) is 9.59 Å². The first-order chi connectivity index (χ1) is 19.9. The molecule has 4 rings (SSSR count). The summed E-state index contributed by atoms with van der Waals surface area (Å²) in [6, 6.07) is 21.8. The van der Waals surface area contributed by atoms with Crippen molar-refractivity contribution in [3.05, 3.63) is 94.0 Å². The molecule has 1 aliphatic rings. The second kappa shape index (κ2) is 15.7. The number of nitrogens with one attached hydrogen (secondary N) is 1. The average Bonchev–Trinajstić information content (AvgIpc) is 2.99. The number of hydrogen-bond acceptors (Lipinski definition) is 4. The standard InChI is InChI=1S/C33H38Cl2N2O4/c1-40-28-16-18-29(19-17-28)41-20-8-13-32(38)37(23-25-14-15-26(34)22-30(25)35)31(21-24-9-4-2-5-10-24)33(39)36-27-11-6-3-7-12-27/h2,4-5,9-10,14-19,22,27,31H,3,6-8,11-13,20-21,23H2,1H3,(H,36,39)/t31-/m0/s1. The van der Waals surface area contributed by atoms with Crippen LogP contribution in [-0.4, -0.2) is 42.5 Å². The molecule has 6 nitrogen and oxygen atoms in total. The van der Waals surface area contributed by atoms with Crippen LogP contribution in [0.5, 0.6) is 11.5 Å². The second-order valence-electron chi connectivity index (χ2n) is 10.4. The third kappa shape index (κ3) is 9.40. The highest BCUT2D eigenvalue weighted by atomic mass is 35.5. The Morgan fingerprint density at radius 1 is 0.951 bits per heavy atom. The monoisotopic (exact) mass is 596 g/mol. The first kappa shape index (κ1) is 30.7. The van der Waals surface area contributed by atoms with E-state index in [1.165, 1.54) is 6.42 Å². The maximum Gasteiger partial charge on any atom is 0.243 e. The maximum atomic E-state index is 13.9. The summed E-state index contributed by atoms with van der Waals surface area (Å²) >= 11 is 12.7. The second-order valence-corrected chi connectivity index (χ2v) is 11.3. The van der Waals surface area contributed by atoms with Crippen molar-refractivity contribution in [1.82, 2.24) is 10.2 Å². The van der Waals surface area contributed by atoms with Gasteiger partial charge in [-0.15, -0.1) is 0 Å². The summed E-state index contributed by atoms with van der Waals surface area (Å²) in [5, 5.41) is 4.24. The van der Waals surface area contributed by atoms with E-state index in [-0.39, 0.29) is 30.8 Å². The lowest BCUT2D eigenvalue weighted by atomic mass is 9.94. The molecule has 1 fully saturated rings. The molecule has 3 aromatic rings. The van der Waals surface area contributed by atoms with Crippen molar-refractivity contribution in [2.24, 2.45) is 0 Å². The molecule has 0 radical (unpaired) electrons. The topological polar surface area (TPSA) is 67.9 Å². The number of carbonyl (C=O) groups is 2. The molecule has 3 aromatic carbocycles. The van der Waals surface area contributed by atoms with Gasteiger partial charge in [-0.25, -0.2) is 0 Å². The molecular formula is C33H38Cl2N2O4. The van der Waals surface area contributed by atoms with E-state index >= 15 is 0 Å². The minimum atomic E-state index is -0.693. The summed E-state index contributed by atoms with van der Waals surface area (Å²) in [7, 11) is 1.62. The van der Waals surface area contributed by atoms with Crippen LogP contribution in [0, 0.1) is 0 Å². The predicted molar refractivity (Wildman–Crippen MR) is 164 cm³/mol. The lowest BCUT2D eigenvalue weighted by Crippen LogP contribution is -2.52. The largest absolute Gasteiger partial charge is 0.497 e. The van der Waals surface area contributed by atoms with Crippen LogP contribution in [0.15, 0.2) is 72.8 Å². The molecule has 41 heavy (non-hydrogen) atoms. The van der Waals surface area contributed by atoms with Gasteiger partial charge in [-0.2, -0.15) is 0 Å². The van der Waals surface area contributed by atoms with Crippen LogP contribution in [-0.2, 0) is 22.6 Å². The molecule has 0 bridgehead atoms. The normalized spacial score (nSPS) is 14.2. The van der Waals surface area contributed by atoms with Crippen molar-refractivity contribution in [2.45, 2.75) is 70.0 Å². The zero-order valence-electron chi connectivity index (χ0n) is 23.5. The van der Waals surface area contributed by atoms with Gasteiger partial charge in [-0.1, -0.05) is 78.9 Å². The molecule has 8 heteroatoms. The lowest BCUT2D eigenvalue weighted by molar-refractivity contribution is -0.141. The van der Waals surface area contributed by atoms with Gasteiger partial charge in [-0.05, 0) is 66.8 Å². The van der Waals surface area contributed by atoms with Crippen LogP contribution >= 0.6 is 23.2 Å². The molecule has 1 N–H and O–H groups in total. The number of ether oxygens (including phenoxy) is 2. The van der Waals surface area contributed by atoms with Gasteiger partial charge in [0, 0.05) is 35.5 Å². The molecule has 0 spiro atoms. The molecule has 0 unspecified atom stereocenters. The third-order valence-corrected chi connectivity index (χ3v) is 8.03. The van der Waals surface area contributed by atoms with E-state index in [9.17, 15) is 9.59 Å². The van der Waals surface area contributed by atoms with Gasteiger partial charge in [0.25, 0.3) is 0 Å². The Kier molecular flexibility index (Phi) is 11.8. The molecule has 0 saturated heterocycles. The quantitative estimate of drug-likeness (QED) is 0.211. The molecule has 0 heterocycles. The van der Waals surface area contributed by atoms with Crippen LogP contribution in [0.4, 0.5) is 0 Å². The van der Waals surface area contributed by atoms with Gasteiger partial charge in [0.05, 0.1) is 13.7 Å². The molecule has 218 valence electrons. The van der Waals surface area contributed by atoms with Crippen LogP contribution in [0.3, 0.4) is 0 Å². The van der Waals surface area contributed by atoms with Crippen LogP contribution in [0.25, 0.3) is 0 Å². The molecular weight excluding hydrogens is 559 g/mol. The van der Waals surface area contributed by atoms with E-state index in [4.69, 9.17) is 32.7 Å². The Bertz CT molecular complexity index is 1260. The Balaban J connectivity index is 1.53. The van der Waals surface area contributed by atoms with Crippen molar-refractivity contribution < 1.29 is 19.1 Å². The molecule has 1 saturated carbocycles. The van der Waals surface area contributed by atoms with E-state index < -0.39 is 6.04 Å². The molecule has 1 atom stereocenters. The third-order valence-electron chi connectivity index (χ3n) is 7.44. The fourth-order valence-electron chi connectivity index (χ4n) is 5.16. The number of rotatable bonds is 13. The van der Waals surface area contributed by atoms with E-state index in [1.54, 1.807) is 24.1 Å². The molecule has 0 aromatic heterocycles. The summed E-state index contributed by atoms with van der Waals surface area (Å²) in [4.78, 5) is 29.4. The van der Waals surface area contributed by atoms with Gasteiger partial charge in [0.15, 0.2) is 0 Å². The molecule has 2 amide bonds. The SMILES string of the molecule is COc1ccc(OCCCC(=O)N(Cc2ccc(Cl)cc2Cl)[C@@H](Cc2ccccc2)C(=O)NC2CCCCC2)cc1. The first-order valence-corrected chi connectivity index (χ1v) is 15.0. The Morgan fingerprint density at radius 2 is 1.66 bits per heavy atom. The molecule has 0 aliphatic heterocycles. The highest BCUT2D eigenvalue weighted by Gasteiger charge is 2.32. The van der Waals surface area contributed by atoms with Crippen LogP contribution in [0.2, 0.25) is 10.0 Å². The smallest absolute Gasteiger partial charge is 0.243 e. The molecule has 1 aliphatic carbocycles. The van der Waals surface area contributed by atoms with Crippen molar-refractivity contribution in [2.75, 3.05) is 13.7 Å². The lowest BCUT2D eigenvalue weighted by Gasteiger charge is -2.33. The number of carbonyl (C=O) groups excluding carboxylic acids is 2. The number of methoxy groups -OCH3 is 1. The van der Waals surface area contributed by atoms with Crippen molar-refractivity contribution in [3.8, 4) is 11.5 Å². The highest BCUT2D eigenvalue weighted by Crippen LogP contribution is 2.25. The summed E-state index contributed by atoms with van der Waals surface area (Å²) < 4.78 is 11.0. The van der Waals surface area contributed by atoms with Crippen molar-refractivity contribution >= 4 is 35.0 Å². The van der Waals surface area contributed by atoms with E-state index in [1.807, 2.05) is 60.7 Å². The predicted octanol–water partition coefficient (Wildman–Crippen LogP) is 7.25. The van der Waals surface area contributed by atoms with Gasteiger partial charge < -0.3 is 19.7 Å². The summed E-state index contributed by atoms with van der Waals surface area (Å²) in [6.07, 6.45) is 6.45. The zero-order valence-corrected chi connectivity index (χ0v) is 25.0. The van der Waals surface area contributed by atoms with Crippen LogP contribution < -0.4 is 14.8 Å². The number of nitrogens with zero attached hydrogens (tertiary/aromatic N) is 1. The van der Waals surface area contributed by atoms with Crippen LogP contribution in [0.1, 0.15) is 56.1 Å². The number of benzene rings is 3. The number of halogens is 2. The fourth-order valence-corrected chi connectivity index (χ4v) is 5.63.